The predicted molar refractivity (Wildman–Crippen MR) is 121 cm³/mol. The van der Waals surface area contributed by atoms with Gasteiger partial charge in [0.2, 0.25) is 0 Å². The first-order chi connectivity index (χ1) is 14.9. The number of carboxylic acid groups (broad SMARTS) is 1. The molecule has 0 unspecified atom stereocenters. The Morgan fingerprint density at radius 3 is 2.61 bits per heavy atom. The van der Waals surface area contributed by atoms with Gasteiger partial charge in [0.1, 0.15) is 18.2 Å². The topological polar surface area (TPSA) is 64.3 Å². The van der Waals surface area contributed by atoms with E-state index in [9.17, 15) is 9.90 Å². The lowest BCUT2D eigenvalue weighted by molar-refractivity contribution is 0.0690. The average molecular weight is 453 g/mol. The van der Waals surface area contributed by atoms with Gasteiger partial charge in [-0.25, -0.2) is 9.78 Å². The van der Waals surface area contributed by atoms with Crippen molar-refractivity contribution >= 4 is 29.2 Å². The molecule has 5 nitrogen and oxygen atoms in total. The van der Waals surface area contributed by atoms with Gasteiger partial charge in [0.15, 0.2) is 5.69 Å². The molecule has 0 saturated carbocycles. The predicted octanol–water partition coefficient (Wildman–Crippen LogP) is 6.43. The molecule has 7 heteroatoms. The summed E-state index contributed by atoms with van der Waals surface area (Å²) in [5.41, 5.74) is 3.27. The Kier molecular flexibility index (Phi) is 5.98. The highest BCUT2D eigenvalue weighted by molar-refractivity contribution is 6.31. The van der Waals surface area contributed by atoms with Crippen LogP contribution in [0.3, 0.4) is 0 Å². The molecule has 0 bridgehead atoms. The number of nitrogens with zero attached hydrogens (tertiary/aromatic N) is 2. The monoisotopic (exact) mass is 452 g/mol. The van der Waals surface area contributed by atoms with E-state index in [2.05, 4.69) is 4.98 Å². The van der Waals surface area contributed by atoms with Crippen LogP contribution < -0.4 is 4.74 Å². The van der Waals surface area contributed by atoms with Crippen molar-refractivity contribution in [3.05, 3.63) is 99.8 Å². The second-order valence-corrected chi connectivity index (χ2v) is 7.75. The SMILES string of the molecule is Cc1ccc(-c2cc(Cl)ccc2OCc2ccccc2Cl)n1-c1cccc(C(=O)O)n1. The van der Waals surface area contributed by atoms with Crippen molar-refractivity contribution in [2.45, 2.75) is 13.5 Å². The lowest BCUT2D eigenvalue weighted by Gasteiger charge is -2.16. The molecule has 0 saturated heterocycles. The maximum Gasteiger partial charge on any atom is 0.354 e. The van der Waals surface area contributed by atoms with Crippen LogP contribution in [-0.4, -0.2) is 20.6 Å². The molecule has 0 aliphatic rings. The molecule has 4 aromatic rings. The Hall–Kier alpha value is -3.28. The van der Waals surface area contributed by atoms with Crippen LogP contribution >= 0.6 is 23.2 Å². The number of rotatable bonds is 6. The standard InChI is InChI=1S/C24H18Cl2N2O3/c1-15-9-11-21(28(15)23-8-4-7-20(27-23)24(29)30)18-13-17(25)10-12-22(18)31-14-16-5-2-3-6-19(16)26/h2-13H,14H2,1H3,(H,29,30). The fourth-order valence-electron chi connectivity index (χ4n) is 3.32. The zero-order chi connectivity index (χ0) is 22.0. The summed E-state index contributed by atoms with van der Waals surface area (Å²) in [6.45, 7) is 2.22. The molecule has 2 heterocycles. The molecule has 0 spiro atoms. The Labute approximate surface area is 189 Å². The third-order valence-electron chi connectivity index (χ3n) is 4.82. The number of aromatic carboxylic acids is 1. The number of ether oxygens (including phenoxy) is 1. The van der Waals surface area contributed by atoms with E-state index in [0.29, 0.717) is 28.2 Å². The van der Waals surface area contributed by atoms with E-state index < -0.39 is 5.97 Å². The number of hydrogen-bond acceptors (Lipinski definition) is 3. The first-order valence-corrected chi connectivity index (χ1v) is 10.2. The van der Waals surface area contributed by atoms with E-state index in [-0.39, 0.29) is 5.69 Å². The average Bonchev–Trinajstić information content (AvgIpc) is 3.15. The van der Waals surface area contributed by atoms with Crippen molar-refractivity contribution in [3.8, 4) is 22.8 Å². The fraction of sp³-hybridized carbons (Fsp3) is 0.0833. The number of carboxylic acids is 1. The van der Waals surface area contributed by atoms with Gasteiger partial charge in [-0.2, -0.15) is 0 Å². The van der Waals surface area contributed by atoms with Gasteiger partial charge >= 0.3 is 5.97 Å². The molecule has 0 amide bonds. The number of pyridine rings is 1. The maximum atomic E-state index is 11.4. The van der Waals surface area contributed by atoms with Crippen molar-refractivity contribution in [1.29, 1.82) is 0 Å². The number of aromatic nitrogens is 2. The molecule has 2 aromatic carbocycles. The summed E-state index contributed by atoms with van der Waals surface area (Å²) in [5, 5.41) is 10.5. The third kappa shape index (κ3) is 4.43. The zero-order valence-electron chi connectivity index (χ0n) is 16.5. The summed E-state index contributed by atoms with van der Waals surface area (Å²) in [7, 11) is 0. The second-order valence-electron chi connectivity index (χ2n) is 6.90. The van der Waals surface area contributed by atoms with Crippen LogP contribution in [0.2, 0.25) is 10.0 Å². The summed E-state index contributed by atoms with van der Waals surface area (Å²) in [6, 6.07) is 21.6. The van der Waals surface area contributed by atoms with Crippen LogP contribution in [0, 0.1) is 6.92 Å². The zero-order valence-corrected chi connectivity index (χ0v) is 18.1. The minimum absolute atomic E-state index is 0.0298. The van der Waals surface area contributed by atoms with Gasteiger partial charge in [-0.1, -0.05) is 47.5 Å². The molecule has 2 aromatic heterocycles. The summed E-state index contributed by atoms with van der Waals surface area (Å²) in [6.07, 6.45) is 0. The summed E-state index contributed by atoms with van der Waals surface area (Å²) in [5.74, 6) is 0.0345. The molecule has 1 N–H and O–H groups in total. The van der Waals surface area contributed by atoms with Crippen LogP contribution in [-0.2, 0) is 6.61 Å². The number of halogens is 2. The molecule has 0 atom stereocenters. The highest BCUT2D eigenvalue weighted by Gasteiger charge is 2.17. The second kappa shape index (κ2) is 8.84. The minimum Gasteiger partial charge on any atom is -0.488 e. The highest BCUT2D eigenvalue weighted by atomic mass is 35.5. The molecule has 0 aliphatic carbocycles. The lowest BCUT2D eigenvalue weighted by atomic mass is 10.1. The smallest absolute Gasteiger partial charge is 0.354 e. The van der Waals surface area contributed by atoms with E-state index in [4.69, 9.17) is 27.9 Å². The van der Waals surface area contributed by atoms with Gasteiger partial charge < -0.3 is 9.84 Å². The molecule has 0 aliphatic heterocycles. The van der Waals surface area contributed by atoms with E-state index >= 15 is 0 Å². The normalized spacial score (nSPS) is 10.8. The van der Waals surface area contributed by atoms with Crippen LogP contribution in [0.1, 0.15) is 21.7 Å². The Morgan fingerprint density at radius 2 is 1.84 bits per heavy atom. The van der Waals surface area contributed by atoms with E-state index in [1.807, 2.05) is 60.0 Å². The van der Waals surface area contributed by atoms with Gasteiger partial charge in [0.25, 0.3) is 0 Å². The first kappa shape index (κ1) is 21.0. The Morgan fingerprint density at radius 1 is 1.03 bits per heavy atom. The van der Waals surface area contributed by atoms with E-state index in [1.165, 1.54) is 6.07 Å². The van der Waals surface area contributed by atoms with Gasteiger partial charge in [-0.3, -0.25) is 4.57 Å². The van der Waals surface area contributed by atoms with Crippen molar-refractivity contribution in [2.24, 2.45) is 0 Å². The summed E-state index contributed by atoms with van der Waals surface area (Å²) >= 11 is 12.6. The summed E-state index contributed by atoms with van der Waals surface area (Å²) in [4.78, 5) is 15.7. The van der Waals surface area contributed by atoms with Crippen LogP contribution in [0.15, 0.2) is 72.8 Å². The van der Waals surface area contributed by atoms with Crippen LogP contribution in [0.4, 0.5) is 0 Å². The maximum absolute atomic E-state index is 11.4. The highest BCUT2D eigenvalue weighted by Crippen LogP contribution is 2.36. The molecule has 0 fully saturated rings. The molecule has 31 heavy (non-hydrogen) atoms. The van der Waals surface area contributed by atoms with Crippen molar-refractivity contribution in [1.82, 2.24) is 9.55 Å². The Bertz CT molecular complexity index is 1270. The number of benzene rings is 2. The molecule has 4 rings (SSSR count). The third-order valence-corrected chi connectivity index (χ3v) is 5.42. The fourth-order valence-corrected chi connectivity index (χ4v) is 3.68. The van der Waals surface area contributed by atoms with Gasteiger partial charge in [-0.15, -0.1) is 0 Å². The summed E-state index contributed by atoms with van der Waals surface area (Å²) < 4.78 is 7.98. The lowest BCUT2D eigenvalue weighted by Crippen LogP contribution is -2.07. The van der Waals surface area contributed by atoms with Crippen molar-refractivity contribution in [3.63, 3.8) is 0 Å². The first-order valence-electron chi connectivity index (χ1n) is 9.49. The van der Waals surface area contributed by atoms with Gasteiger partial charge in [0, 0.05) is 26.9 Å². The molecule has 0 radical (unpaired) electrons. The number of aryl methyl sites for hydroxylation is 1. The van der Waals surface area contributed by atoms with Gasteiger partial charge in [0.05, 0.1) is 5.69 Å². The quantitative estimate of drug-likeness (QED) is 0.365. The molecule has 156 valence electrons. The van der Waals surface area contributed by atoms with Crippen LogP contribution in [0.25, 0.3) is 17.1 Å². The van der Waals surface area contributed by atoms with Crippen LogP contribution in [0.5, 0.6) is 5.75 Å². The molecular weight excluding hydrogens is 435 g/mol. The largest absolute Gasteiger partial charge is 0.488 e. The molecular formula is C24H18Cl2N2O3. The minimum atomic E-state index is -1.08. The van der Waals surface area contributed by atoms with Gasteiger partial charge in [-0.05, 0) is 55.5 Å². The van der Waals surface area contributed by atoms with Crippen molar-refractivity contribution < 1.29 is 14.6 Å². The van der Waals surface area contributed by atoms with E-state index in [0.717, 1.165) is 22.5 Å². The van der Waals surface area contributed by atoms with E-state index in [1.54, 1.807) is 18.2 Å². The van der Waals surface area contributed by atoms with Crippen molar-refractivity contribution in [2.75, 3.05) is 0 Å². The number of hydrogen-bond donors (Lipinski definition) is 1. The number of carbonyl (C=O) groups is 1. The Balaban J connectivity index is 1.77.